The van der Waals surface area contributed by atoms with Gasteiger partial charge in [-0.1, -0.05) is 6.07 Å². The Labute approximate surface area is 200 Å². The number of anilines is 1. The van der Waals surface area contributed by atoms with Crippen LogP contribution in [0.2, 0.25) is 0 Å². The van der Waals surface area contributed by atoms with Crippen molar-refractivity contribution >= 4 is 23.4 Å². The standard InChI is InChI=1S/C24H26F3N3O5/c1-29(13-20(31)28-17-6-5-16(25)22(26)23(17)27)24(33)15-11-21(32)30(12-15)9-8-14-4-7-18(34-2)19(10-14)35-3/h4-7,10,15H,8-9,11-13H2,1-3H3,(H,28,31)/t15-/m1/s1. The maximum atomic E-state index is 13.8. The van der Waals surface area contributed by atoms with Gasteiger partial charge in [0.15, 0.2) is 29.0 Å². The van der Waals surface area contributed by atoms with E-state index in [0.717, 1.165) is 16.5 Å². The lowest BCUT2D eigenvalue weighted by Crippen LogP contribution is -2.39. The van der Waals surface area contributed by atoms with Gasteiger partial charge in [-0.3, -0.25) is 14.4 Å². The summed E-state index contributed by atoms with van der Waals surface area (Å²) in [4.78, 5) is 40.1. The van der Waals surface area contributed by atoms with Crippen LogP contribution in [-0.2, 0) is 20.8 Å². The molecule has 0 unspecified atom stereocenters. The highest BCUT2D eigenvalue weighted by Gasteiger charge is 2.36. The van der Waals surface area contributed by atoms with E-state index >= 15 is 0 Å². The van der Waals surface area contributed by atoms with Crippen molar-refractivity contribution in [3.8, 4) is 11.5 Å². The van der Waals surface area contributed by atoms with Crippen molar-refractivity contribution in [3.63, 3.8) is 0 Å². The molecule has 1 N–H and O–H groups in total. The van der Waals surface area contributed by atoms with Gasteiger partial charge in [0.2, 0.25) is 17.7 Å². The first kappa shape index (κ1) is 25.9. The predicted molar refractivity (Wildman–Crippen MR) is 121 cm³/mol. The third-order valence-corrected chi connectivity index (χ3v) is 5.75. The van der Waals surface area contributed by atoms with Crippen LogP contribution < -0.4 is 14.8 Å². The quantitative estimate of drug-likeness (QED) is 0.543. The van der Waals surface area contributed by atoms with E-state index in [1.165, 1.54) is 14.2 Å². The number of likely N-dealkylation sites (tertiary alicyclic amines) is 1. The first-order chi connectivity index (χ1) is 16.6. The van der Waals surface area contributed by atoms with E-state index in [2.05, 4.69) is 5.32 Å². The van der Waals surface area contributed by atoms with Crippen LogP contribution in [0.4, 0.5) is 18.9 Å². The lowest BCUT2D eigenvalue weighted by molar-refractivity contribution is -0.137. The lowest BCUT2D eigenvalue weighted by Gasteiger charge is -2.21. The molecule has 3 rings (SSSR count). The second-order valence-corrected chi connectivity index (χ2v) is 8.15. The van der Waals surface area contributed by atoms with Crippen LogP contribution in [0, 0.1) is 23.4 Å². The molecule has 1 heterocycles. The fraction of sp³-hybridized carbons (Fsp3) is 0.375. The van der Waals surface area contributed by atoms with Crippen molar-refractivity contribution in [1.29, 1.82) is 0 Å². The topological polar surface area (TPSA) is 88.2 Å². The van der Waals surface area contributed by atoms with Gasteiger partial charge in [0.05, 0.1) is 32.4 Å². The summed E-state index contributed by atoms with van der Waals surface area (Å²) in [5.74, 6) is -5.46. The molecule has 0 saturated carbocycles. The van der Waals surface area contributed by atoms with Crippen molar-refractivity contribution in [1.82, 2.24) is 9.80 Å². The number of methoxy groups -OCH3 is 2. The average Bonchev–Trinajstić information content (AvgIpc) is 3.22. The van der Waals surface area contributed by atoms with Crippen LogP contribution in [0.1, 0.15) is 12.0 Å². The summed E-state index contributed by atoms with van der Waals surface area (Å²) in [6.07, 6.45) is 0.555. The van der Waals surface area contributed by atoms with E-state index < -0.39 is 47.4 Å². The predicted octanol–water partition coefficient (Wildman–Crippen LogP) is 2.61. The molecule has 188 valence electrons. The Hall–Kier alpha value is -3.76. The maximum absolute atomic E-state index is 13.8. The molecule has 0 bridgehead atoms. The molecule has 0 radical (unpaired) electrons. The molecule has 0 spiro atoms. The van der Waals surface area contributed by atoms with Gasteiger partial charge in [0.1, 0.15) is 0 Å². The van der Waals surface area contributed by atoms with Crippen LogP contribution in [-0.4, -0.2) is 68.4 Å². The highest BCUT2D eigenvalue weighted by molar-refractivity contribution is 5.96. The van der Waals surface area contributed by atoms with Gasteiger partial charge in [-0.05, 0) is 36.2 Å². The number of benzene rings is 2. The first-order valence-electron chi connectivity index (χ1n) is 10.8. The number of halogens is 3. The van der Waals surface area contributed by atoms with Crippen molar-refractivity contribution in [2.24, 2.45) is 5.92 Å². The summed E-state index contributed by atoms with van der Waals surface area (Å²) >= 11 is 0. The molecule has 1 atom stereocenters. The van der Waals surface area contributed by atoms with Gasteiger partial charge in [0.25, 0.3) is 0 Å². The number of amides is 3. The van der Waals surface area contributed by atoms with Crippen molar-refractivity contribution in [2.75, 3.05) is 46.2 Å². The van der Waals surface area contributed by atoms with Crippen LogP contribution >= 0.6 is 0 Å². The van der Waals surface area contributed by atoms with E-state index in [4.69, 9.17) is 9.47 Å². The molecule has 3 amide bonds. The monoisotopic (exact) mass is 493 g/mol. The van der Waals surface area contributed by atoms with Crippen molar-refractivity contribution in [3.05, 3.63) is 53.3 Å². The number of nitrogens with one attached hydrogen (secondary N) is 1. The van der Waals surface area contributed by atoms with E-state index in [-0.39, 0.29) is 18.9 Å². The van der Waals surface area contributed by atoms with Crippen LogP contribution in [0.3, 0.4) is 0 Å². The van der Waals surface area contributed by atoms with Crippen LogP contribution in [0.15, 0.2) is 30.3 Å². The van der Waals surface area contributed by atoms with Gasteiger partial charge in [-0.25, -0.2) is 13.2 Å². The summed E-state index contributed by atoms with van der Waals surface area (Å²) in [7, 11) is 4.45. The zero-order chi connectivity index (χ0) is 25.7. The van der Waals surface area contributed by atoms with E-state index in [1.54, 1.807) is 18.1 Å². The van der Waals surface area contributed by atoms with Gasteiger partial charge >= 0.3 is 0 Å². The zero-order valence-electron chi connectivity index (χ0n) is 19.6. The molecule has 8 nitrogen and oxygen atoms in total. The molecule has 35 heavy (non-hydrogen) atoms. The zero-order valence-corrected chi connectivity index (χ0v) is 19.6. The Bertz CT molecular complexity index is 1130. The molecule has 1 saturated heterocycles. The summed E-state index contributed by atoms with van der Waals surface area (Å²) in [5, 5.41) is 2.12. The van der Waals surface area contributed by atoms with Crippen molar-refractivity contribution in [2.45, 2.75) is 12.8 Å². The lowest BCUT2D eigenvalue weighted by atomic mass is 10.1. The van der Waals surface area contributed by atoms with E-state index in [9.17, 15) is 27.6 Å². The highest BCUT2D eigenvalue weighted by atomic mass is 19.2. The molecule has 1 fully saturated rings. The van der Waals surface area contributed by atoms with E-state index in [0.29, 0.717) is 30.5 Å². The molecule has 2 aromatic rings. The fourth-order valence-corrected chi connectivity index (χ4v) is 3.87. The summed E-state index contributed by atoms with van der Waals surface area (Å²) in [5.41, 5.74) is 0.399. The smallest absolute Gasteiger partial charge is 0.244 e. The molecule has 0 aliphatic carbocycles. The first-order valence-corrected chi connectivity index (χ1v) is 10.8. The van der Waals surface area contributed by atoms with E-state index in [1.807, 2.05) is 12.1 Å². The van der Waals surface area contributed by atoms with Gasteiger partial charge in [-0.2, -0.15) is 0 Å². The highest BCUT2D eigenvalue weighted by Crippen LogP contribution is 2.28. The number of ether oxygens (including phenoxy) is 2. The second-order valence-electron chi connectivity index (χ2n) is 8.15. The van der Waals surface area contributed by atoms with Gasteiger partial charge < -0.3 is 24.6 Å². The molecule has 2 aromatic carbocycles. The number of hydrogen-bond acceptors (Lipinski definition) is 5. The summed E-state index contributed by atoms with van der Waals surface area (Å²) in [6, 6.07) is 7.04. The Morgan fingerprint density at radius 2 is 1.80 bits per heavy atom. The number of hydrogen-bond donors (Lipinski definition) is 1. The van der Waals surface area contributed by atoms with Gasteiger partial charge in [-0.15, -0.1) is 0 Å². The minimum absolute atomic E-state index is 0.00846. The average molecular weight is 493 g/mol. The minimum Gasteiger partial charge on any atom is -0.493 e. The van der Waals surface area contributed by atoms with Gasteiger partial charge in [0, 0.05) is 26.6 Å². The minimum atomic E-state index is -1.70. The van der Waals surface area contributed by atoms with Crippen LogP contribution in [0.25, 0.3) is 0 Å². The second kappa shape index (κ2) is 11.1. The Morgan fingerprint density at radius 1 is 1.09 bits per heavy atom. The third-order valence-electron chi connectivity index (χ3n) is 5.75. The van der Waals surface area contributed by atoms with Crippen LogP contribution in [0.5, 0.6) is 11.5 Å². The number of rotatable bonds is 9. The maximum Gasteiger partial charge on any atom is 0.244 e. The number of carbonyl (C=O) groups is 3. The molecular weight excluding hydrogens is 467 g/mol. The fourth-order valence-electron chi connectivity index (χ4n) is 3.87. The Balaban J connectivity index is 1.53. The number of likely N-dealkylation sites (N-methyl/N-ethyl adjacent to an activating group) is 1. The Kier molecular flexibility index (Phi) is 8.21. The number of carbonyl (C=O) groups excluding carboxylic acids is 3. The molecule has 0 aromatic heterocycles. The normalized spacial score (nSPS) is 15.2. The Morgan fingerprint density at radius 3 is 2.49 bits per heavy atom. The largest absolute Gasteiger partial charge is 0.493 e. The molecular formula is C24H26F3N3O5. The summed E-state index contributed by atoms with van der Waals surface area (Å²) < 4.78 is 50.6. The molecule has 1 aliphatic heterocycles. The SMILES string of the molecule is COc1ccc(CCN2C[C@H](C(=O)N(C)CC(=O)Nc3ccc(F)c(F)c3F)CC2=O)cc1OC. The molecule has 11 heteroatoms. The molecule has 1 aliphatic rings. The third kappa shape index (κ3) is 6.03. The van der Waals surface area contributed by atoms with Crippen molar-refractivity contribution < 1.29 is 37.0 Å². The summed E-state index contributed by atoms with van der Waals surface area (Å²) in [6.45, 7) is 0.153. The number of nitrogens with zero attached hydrogens (tertiary/aromatic N) is 2.